The van der Waals surface area contributed by atoms with Gasteiger partial charge in [-0.15, -0.1) is 0 Å². The van der Waals surface area contributed by atoms with Gasteiger partial charge >= 0.3 is 0 Å². The van der Waals surface area contributed by atoms with Gasteiger partial charge in [-0.3, -0.25) is 4.79 Å². The van der Waals surface area contributed by atoms with Crippen molar-refractivity contribution in [2.75, 3.05) is 10.6 Å². The number of benzene rings is 1. The Morgan fingerprint density at radius 2 is 2.05 bits per heavy atom. The number of aromatic nitrogens is 1. The Labute approximate surface area is 117 Å². The summed E-state index contributed by atoms with van der Waals surface area (Å²) in [4.78, 5) is 15.4. The van der Waals surface area contributed by atoms with Crippen LogP contribution in [0.15, 0.2) is 42.6 Å². The Morgan fingerprint density at radius 1 is 1.25 bits per heavy atom. The Kier molecular flexibility index (Phi) is 4.65. The van der Waals surface area contributed by atoms with Crippen molar-refractivity contribution in [1.82, 2.24) is 4.98 Å². The first-order chi connectivity index (χ1) is 9.69. The number of anilines is 2. The van der Waals surface area contributed by atoms with Crippen molar-refractivity contribution in [3.05, 3.63) is 54.0 Å². The minimum Gasteiger partial charge on any atom is -0.366 e. The molecule has 20 heavy (non-hydrogen) atoms. The number of pyridine rings is 1. The van der Waals surface area contributed by atoms with E-state index in [-0.39, 0.29) is 11.7 Å². The van der Waals surface area contributed by atoms with Crippen LogP contribution in [0.4, 0.5) is 15.9 Å². The highest BCUT2D eigenvalue weighted by Crippen LogP contribution is 2.12. The van der Waals surface area contributed by atoms with Gasteiger partial charge in [0.15, 0.2) is 0 Å². The van der Waals surface area contributed by atoms with Crippen LogP contribution in [0.25, 0.3) is 0 Å². The molecule has 0 aliphatic rings. The molecular formula is C15H16FN3O. The highest BCUT2D eigenvalue weighted by molar-refractivity contribution is 5.90. The lowest BCUT2D eigenvalue weighted by atomic mass is 10.2. The summed E-state index contributed by atoms with van der Waals surface area (Å²) in [5.41, 5.74) is 1.23. The number of carbonyl (C=O) groups is 1. The zero-order valence-corrected chi connectivity index (χ0v) is 11.2. The van der Waals surface area contributed by atoms with Crippen molar-refractivity contribution in [3.8, 4) is 0 Å². The standard InChI is InChI=1S/C15H16FN3O/c1-2-15(20)19-12-7-8-14(18-10-12)17-9-11-5-3-4-6-13(11)16/h3-8,10H,2,9H2,1H3,(H,17,18)(H,19,20). The van der Waals surface area contributed by atoms with E-state index in [1.165, 1.54) is 6.07 Å². The largest absolute Gasteiger partial charge is 0.366 e. The molecule has 104 valence electrons. The lowest BCUT2D eigenvalue weighted by Gasteiger charge is -2.08. The van der Waals surface area contributed by atoms with Crippen LogP contribution in [0.3, 0.4) is 0 Å². The quantitative estimate of drug-likeness (QED) is 0.879. The van der Waals surface area contributed by atoms with Gasteiger partial charge in [-0.1, -0.05) is 25.1 Å². The Bertz CT molecular complexity index is 584. The highest BCUT2D eigenvalue weighted by Gasteiger charge is 2.02. The van der Waals surface area contributed by atoms with Crippen LogP contribution in [-0.4, -0.2) is 10.9 Å². The van der Waals surface area contributed by atoms with Crippen molar-refractivity contribution in [1.29, 1.82) is 0 Å². The monoisotopic (exact) mass is 273 g/mol. The van der Waals surface area contributed by atoms with E-state index in [4.69, 9.17) is 0 Å². The normalized spacial score (nSPS) is 10.1. The van der Waals surface area contributed by atoms with Gasteiger partial charge in [0.25, 0.3) is 0 Å². The van der Waals surface area contributed by atoms with E-state index < -0.39 is 0 Å². The number of carbonyl (C=O) groups excluding carboxylic acids is 1. The highest BCUT2D eigenvalue weighted by atomic mass is 19.1. The van der Waals surface area contributed by atoms with Gasteiger partial charge in [0.2, 0.25) is 5.91 Å². The second-order valence-electron chi connectivity index (χ2n) is 4.28. The molecular weight excluding hydrogens is 257 g/mol. The number of amides is 1. The van der Waals surface area contributed by atoms with Crippen LogP contribution >= 0.6 is 0 Å². The van der Waals surface area contributed by atoms with E-state index in [9.17, 15) is 9.18 Å². The summed E-state index contributed by atoms with van der Waals surface area (Å²) in [6.45, 7) is 2.15. The van der Waals surface area contributed by atoms with Crippen molar-refractivity contribution in [3.63, 3.8) is 0 Å². The van der Waals surface area contributed by atoms with Gasteiger partial charge < -0.3 is 10.6 Å². The molecule has 1 amide bonds. The van der Waals surface area contributed by atoms with E-state index in [0.717, 1.165) is 0 Å². The first-order valence-corrected chi connectivity index (χ1v) is 6.42. The van der Waals surface area contributed by atoms with Crippen molar-refractivity contribution < 1.29 is 9.18 Å². The minimum absolute atomic E-state index is 0.0566. The van der Waals surface area contributed by atoms with Crippen LogP contribution in [0, 0.1) is 5.82 Å². The molecule has 2 aromatic rings. The van der Waals surface area contributed by atoms with Crippen LogP contribution in [0.1, 0.15) is 18.9 Å². The first-order valence-electron chi connectivity index (χ1n) is 6.42. The fourth-order valence-corrected chi connectivity index (χ4v) is 1.65. The number of rotatable bonds is 5. The van der Waals surface area contributed by atoms with Crippen LogP contribution in [-0.2, 0) is 11.3 Å². The van der Waals surface area contributed by atoms with Crippen molar-refractivity contribution in [2.45, 2.75) is 19.9 Å². The van der Waals surface area contributed by atoms with E-state index in [1.54, 1.807) is 43.5 Å². The average Bonchev–Trinajstić information content (AvgIpc) is 2.48. The Balaban J connectivity index is 1.94. The minimum atomic E-state index is -0.244. The third kappa shape index (κ3) is 3.78. The molecule has 1 aromatic carbocycles. The fourth-order valence-electron chi connectivity index (χ4n) is 1.65. The number of hydrogen-bond acceptors (Lipinski definition) is 3. The zero-order valence-electron chi connectivity index (χ0n) is 11.2. The summed E-state index contributed by atoms with van der Waals surface area (Å²) in [6.07, 6.45) is 1.99. The average molecular weight is 273 g/mol. The second-order valence-corrected chi connectivity index (χ2v) is 4.28. The van der Waals surface area contributed by atoms with Gasteiger partial charge in [-0.25, -0.2) is 9.37 Å². The smallest absolute Gasteiger partial charge is 0.224 e. The van der Waals surface area contributed by atoms with Crippen LogP contribution in [0.5, 0.6) is 0 Å². The lowest BCUT2D eigenvalue weighted by Crippen LogP contribution is -2.10. The summed E-state index contributed by atoms with van der Waals surface area (Å²) >= 11 is 0. The summed E-state index contributed by atoms with van der Waals surface area (Å²) in [5.74, 6) is 0.327. The van der Waals surface area contributed by atoms with E-state index >= 15 is 0 Å². The van der Waals surface area contributed by atoms with E-state index in [0.29, 0.717) is 30.0 Å². The van der Waals surface area contributed by atoms with Gasteiger partial charge in [0.1, 0.15) is 11.6 Å². The fraction of sp³-hybridized carbons (Fsp3) is 0.200. The predicted molar refractivity (Wildman–Crippen MR) is 76.9 cm³/mol. The summed E-state index contributed by atoms with van der Waals surface area (Å²) < 4.78 is 13.4. The molecule has 0 bridgehead atoms. The molecule has 0 fully saturated rings. The van der Waals surface area contributed by atoms with Gasteiger partial charge in [-0.05, 0) is 18.2 Å². The Morgan fingerprint density at radius 3 is 2.70 bits per heavy atom. The van der Waals surface area contributed by atoms with E-state index in [2.05, 4.69) is 15.6 Å². The molecule has 0 unspecified atom stereocenters. The molecule has 0 aliphatic heterocycles. The second kappa shape index (κ2) is 6.65. The molecule has 0 saturated heterocycles. The third-order valence-corrected chi connectivity index (χ3v) is 2.79. The maximum Gasteiger partial charge on any atom is 0.224 e. The number of halogens is 1. The number of nitrogens with one attached hydrogen (secondary N) is 2. The molecule has 0 aliphatic carbocycles. The topological polar surface area (TPSA) is 54.0 Å². The maximum atomic E-state index is 13.4. The molecule has 1 heterocycles. The van der Waals surface area contributed by atoms with Gasteiger partial charge in [-0.2, -0.15) is 0 Å². The number of nitrogens with zero attached hydrogens (tertiary/aromatic N) is 1. The van der Waals surface area contributed by atoms with Crippen LogP contribution < -0.4 is 10.6 Å². The molecule has 2 N–H and O–H groups in total. The molecule has 0 spiro atoms. The third-order valence-electron chi connectivity index (χ3n) is 2.79. The number of hydrogen-bond donors (Lipinski definition) is 2. The Hall–Kier alpha value is -2.43. The molecule has 4 nitrogen and oxygen atoms in total. The van der Waals surface area contributed by atoms with Crippen molar-refractivity contribution >= 4 is 17.4 Å². The van der Waals surface area contributed by atoms with Gasteiger partial charge in [0.05, 0.1) is 11.9 Å². The van der Waals surface area contributed by atoms with Gasteiger partial charge in [0, 0.05) is 18.5 Å². The zero-order chi connectivity index (χ0) is 14.4. The van der Waals surface area contributed by atoms with Crippen molar-refractivity contribution in [2.24, 2.45) is 0 Å². The molecule has 0 saturated carbocycles. The lowest BCUT2D eigenvalue weighted by molar-refractivity contribution is -0.115. The van der Waals surface area contributed by atoms with E-state index in [1.807, 2.05) is 0 Å². The first kappa shape index (κ1) is 14.0. The van der Waals surface area contributed by atoms with Crippen LogP contribution in [0.2, 0.25) is 0 Å². The molecule has 2 rings (SSSR count). The molecule has 5 heteroatoms. The summed E-state index contributed by atoms with van der Waals surface area (Å²) in [7, 11) is 0. The molecule has 0 radical (unpaired) electrons. The SMILES string of the molecule is CCC(=O)Nc1ccc(NCc2ccccc2F)nc1. The molecule has 0 atom stereocenters. The summed E-state index contributed by atoms with van der Waals surface area (Å²) in [6, 6.07) is 10.1. The predicted octanol–water partition coefficient (Wildman–Crippen LogP) is 3.18. The molecule has 1 aromatic heterocycles. The maximum absolute atomic E-state index is 13.4. The summed E-state index contributed by atoms with van der Waals surface area (Å²) in [5, 5.41) is 5.74.